The minimum atomic E-state index is -0.524. The minimum Gasteiger partial charge on any atom is -0.493 e. The zero-order valence-corrected chi connectivity index (χ0v) is 20.8. The van der Waals surface area contributed by atoms with Gasteiger partial charge in [-0.2, -0.15) is 0 Å². The Balaban J connectivity index is 2.36. The lowest BCUT2D eigenvalue weighted by Gasteiger charge is -2.25. The monoisotopic (exact) mass is 454 g/mol. The van der Waals surface area contributed by atoms with Crippen LogP contribution in [0.25, 0.3) is 0 Å². The summed E-state index contributed by atoms with van der Waals surface area (Å²) in [5.74, 6) is 0.650. The van der Waals surface area contributed by atoms with Gasteiger partial charge in [0.15, 0.2) is 11.5 Å². The van der Waals surface area contributed by atoms with Crippen LogP contribution in [0.15, 0.2) is 36.4 Å². The SMILES string of the molecule is CCCCCC(CC(=O)Nc1cc(C(N)=O)ccc1C(C)(C)C)c1cccc(OC)c1OC. The van der Waals surface area contributed by atoms with E-state index in [1.165, 1.54) is 0 Å². The number of carbonyl (C=O) groups excluding carboxylic acids is 2. The van der Waals surface area contributed by atoms with Gasteiger partial charge in [0.2, 0.25) is 11.8 Å². The van der Waals surface area contributed by atoms with E-state index in [9.17, 15) is 9.59 Å². The molecule has 6 nitrogen and oxygen atoms in total. The lowest BCUT2D eigenvalue weighted by molar-refractivity contribution is -0.116. The van der Waals surface area contributed by atoms with Crippen molar-refractivity contribution in [2.45, 2.75) is 71.1 Å². The first-order chi connectivity index (χ1) is 15.6. The number of nitrogens with two attached hydrogens (primary N) is 1. The lowest BCUT2D eigenvalue weighted by atomic mass is 9.84. The molecule has 2 aromatic rings. The number of hydrogen-bond acceptors (Lipinski definition) is 4. The zero-order chi connectivity index (χ0) is 24.6. The maximum absolute atomic E-state index is 13.2. The van der Waals surface area contributed by atoms with Crippen molar-refractivity contribution in [3.8, 4) is 11.5 Å². The largest absolute Gasteiger partial charge is 0.493 e. The molecule has 3 N–H and O–H groups in total. The van der Waals surface area contributed by atoms with Crippen LogP contribution in [0.4, 0.5) is 5.69 Å². The van der Waals surface area contributed by atoms with E-state index < -0.39 is 5.91 Å². The highest BCUT2D eigenvalue weighted by molar-refractivity contribution is 5.97. The van der Waals surface area contributed by atoms with Gasteiger partial charge in [-0.3, -0.25) is 9.59 Å². The maximum atomic E-state index is 13.2. The van der Waals surface area contributed by atoms with Crippen molar-refractivity contribution in [3.05, 3.63) is 53.1 Å². The molecule has 2 rings (SSSR count). The van der Waals surface area contributed by atoms with E-state index in [4.69, 9.17) is 15.2 Å². The van der Waals surface area contributed by atoms with E-state index in [0.29, 0.717) is 22.7 Å². The van der Waals surface area contributed by atoms with Crippen LogP contribution in [0, 0.1) is 0 Å². The zero-order valence-electron chi connectivity index (χ0n) is 20.8. The average molecular weight is 455 g/mol. The van der Waals surface area contributed by atoms with Crippen LogP contribution in [0.3, 0.4) is 0 Å². The Morgan fingerprint density at radius 3 is 2.36 bits per heavy atom. The molecule has 0 heterocycles. The molecule has 0 spiro atoms. The standard InChI is InChI=1S/C27H38N2O4/c1-7-8-9-11-18(20-12-10-13-23(32-5)25(20)33-6)17-24(30)29-22-16-19(26(28)31)14-15-21(22)27(2,3)4/h10,12-16,18H,7-9,11,17H2,1-6H3,(H2,28,31)(H,29,30). The van der Waals surface area contributed by atoms with E-state index in [1.807, 2.05) is 24.3 Å². The molecule has 0 aliphatic carbocycles. The second-order valence-corrected chi connectivity index (χ2v) is 9.40. The molecule has 1 atom stereocenters. The maximum Gasteiger partial charge on any atom is 0.248 e. The number of para-hydroxylation sites is 1. The van der Waals surface area contributed by atoms with Crippen LogP contribution >= 0.6 is 0 Å². The molecule has 6 heteroatoms. The number of ether oxygens (including phenoxy) is 2. The van der Waals surface area contributed by atoms with Crippen molar-refractivity contribution in [2.75, 3.05) is 19.5 Å². The molecule has 2 amide bonds. The molecule has 0 bridgehead atoms. The second kappa shape index (κ2) is 11.7. The Morgan fingerprint density at radius 2 is 1.79 bits per heavy atom. The molecule has 0 aromatic heterocycles. The average Bonchev–Trinajstić information content (AvgIpc) is 2.76. The number of anilines is 1. The van der Waals surface area contributed by atoms with Gasteiger partial charge >= 0.3 is 0 Å². The van der Waals surface area contributed by atoms with Crippen molar-refractivity contribution in [1.29, 1.82) is 0 Å². The van der Waals surface area contributed by atoms with Gasteiger partial charge in [-0.25, -0.2) is 0 Å². The van der Waals surface area contributed by atoms with Gasteiger partial charge in [-0.15, -0.1) is 0 Å². The van der Waals surface area contributed by atoms with Gasteiger partial charge < -0.3 is 20.5 Å². The highest BCUT2D eigenvalue weighted by Gasteiger charge is 2.24. The van der Waals surface area contributed by atoms with Gasteiger partial charge in [0.1, 0.15) is 0 Å². The van der Waals surface area contributed by atoms with Gasteiger partial charge in [0.25, 0.3) is 0 Å². The quantitative estimate of drug-likeness (QED) is 0.420. The molecular weight excluding hydrogens is 416 g/mol. The molecule has 0 radical (unpaired) electrons. The number of amides is 2. The third-order valence-corrected chi connectivity index (χ3v) is 5.85. The number of methoxy groups -OCH3 is 2. The van der Waals surface area contributed by atoms with Crippen molar-refractivity contribution < 1.29 is 19.1 Å². The van der Waals surface area contributed by atoms with Crippen LogP contribution in [-0.2, 0) is 10.2 Å². The number of carbonyl (C=O) groups is 2. The highest BCUT2D eigenvalue weighted by atomic mass is 16.5. The van der Waals surface area contributed by atoms with E-state index in [1.54, 1.807) is 26.4 Å². The molecule has 0 aliphatic heterocycles. The highest BCUT2D eigenvalue weighted by Crippen LogP contribution is 2.39. The van der Waals surface area contributed by atoms with Gasteiger partial charge in [0.05, 0.1) is 14.2 Å². The summed E-state index contributed by atoms with van der Waals surface area (Å²) in [5.41, 5.74) is 8.16. The van der Waals surface area contributed by atoms with E-state index >= 15 is 0 Å². The fourth-order valence-corrected chi connectivity index (χ4v) is 4.12. The summed E-state index contributed by atoms with van der Waals surface area (Å²) in [6, 6.07) is 11.0. The first-order valence-electron chi connectivity index (χ1n) is 11.6. The van der Waals surface area contributed by atoms with Crippen molar-refractivity contribution in [2.24, 2.45) is 5.73 Å². The Kier molecular flexibility index (Phi) is 9.32. The molecule has 1 unspecified atom stereocenters. The summed E-state index contributed by atoms with van der Waals surface area (Å²) >= 11 is 0. The third-order valence-electron chi connectivity index (χ3n) is 5.85. The number of hydrogen-bond donors (Lipinski definition) is 2. The Bertz CT molecular complexity index is 963. The number of nitrogens with one attached hydrogen (secondary N) is 1. The van der Waals surface area contributed by atoms with E-state index in [0.717, 1.165) is 36.8 Å². The molecule has 0 saturated carbocycles. The summed E-state index contributed by atoms with van der Waals surface area (Å²) in [5, 5.41) is 3.05. The van der Waals surface area contributed by atoms with Crippen LogP contribution in [0.2, 0.25) is 0 Å². The van der Waals surface area contributed by atoms with Gasteiger partial charge in [-0.05, 0) is 41.5 Å². The van der Waals surface area contributed by atoms with Crippen LogP contribution < -0.4 is 20.5 Å². The number of unbranched alkanes of at least 4 members (excludes halogenated alkanes) is 2. The van der Waals surface area contributed by atoms with E-state index in [2.05, 4.69) is 33.0 Å². The number of primary amides is 1. The van der Waals surface area contributed by atoms with Gasteiger partial charge in [0, 0.05) is 23.2 Å². The first-order valence-corrected chi connectivity index (χ1v) is 11.6. The molecule has 180 valence electrons. The van der Waals surface area contributed by atoms with Crippen molar-refractivity contribution in [3.63, 3.8) is 0 Å². The van der Waals surface area contributed by atoms with Gasteiger partial charge in [-0.1, -0.05) is 65.2 Å². The second-order valence-electron chi connectivity index (χ2n) is 9.40. The minimum absolute atomic E-state index is 0.0287. The summed E-state index contributed by atoms with van der Waals surface area (Å²) in [4.78, 5) is 25.0. The lowest BCUT2D eigenvalue weighted by Crippen LogP contribution is -2.22. The molecule has 0 saturated heterocycles. The Morgan fingerprint density at radius 1 is 1.06 bits per heavy atom. The summed E-state index contributed by atoms with van der Waals surface area (Å²) in [6.07, 6.45) is 4.36. The predicted octanol–water partition coefficient (Wildman–Crippen LogP) is 5.79. The van der Waals surface area contributed by atoms with Crippen molar-refractivity contribution >= 4 is 17.5 Å². The van der Waals surface area contributed by atoms with E-state index in [-0.39, 0.29) is 23.7 Å². The third kappa shape index (κ3) is 6.98. The first kappa shape index (κ1) is 26.2. The van der Waals surface area contributed by atoms with Crippen LogP contribution in [0.1, 0.15) is 87.2 Å². The molecule has 33 heavy (non-hydrogen) atoms. The number of benzene rings is 2. The van der Waals surface area contributed by atoms with Crippen LogP contribution in [-0.4, -0.2) is 26.0 Å². The molecule has 0 aliphatic rings. The van der Waals surface area contributed by atoms with Crippen LogP contribution in [0.5, 0.6) is 11.5 Å². The Hall–Kier alpha value is -3.02. The summed E-state index contributed by atoms with van der Waals surface area (Å²) in [6.45, 7) is 8.36. The fraction of sp³-hybridized carbons (Fsp3) is 0.481. The molecule has 0 fully saturated rings. The smallest absolute Gasteiger partial charge is 0.248 e. The topological polar surface area (TPSA) is 90.7 Å². The summed E-state index contributed by atoms with van der Waals surface area (Å²) < 4.78 is 11.1. The normalized spacial score (nSPS) is 12.2. The molecule has 2 aromatic carbocycles. The predicted molar refractivity (Wildman–Crippen MR) is 133 cm³/mol. The number of rotatable bonds is 11. The van der Waals surface area contributed by atoms with Crippen molar-refractivity contribution in [1.82, 2.24) is 0 Å². The molecular formula is C27H38N2O4. The fourth-order valence-electron chi connectivity index (χ4n) is 4.12. The Labute approximate surface area is 197 Å². The summed E-state index contributed by atoms with van der Waals surface area (Å²) in [7, 11) is 3.23.